The van der Waals surface area contributed by atoms with E-state index >= 15 is 0 Å². The van der Waals surface area contributed by atoms with Crippen molar-refractivity contribution in [3.63, 3.8) is 0 Å². The van der Waals surface area contributed by atoms with Gasteiger partial charge in [-0.25, -0.2) is 4.39 Å². The second kappa shape index (κ2) is 5.69. The van der Waals surface area contributed by atoms with E-state index < -0.39 is 0 Å². The molecule has 1 aromatic carbocycles. The summed E-state index contributed by atoms with van der Waals surface area (Å²) in [6, 6.07) is 7.40. The third-order valence-electron chi connectivity index (χ3n) is 3.06. The van der Waals surface area contributed by atoms with Crippen molar-refractivity contribution in [1.82, 2.24) is 5.32 Å². The minimum atomic E-state index is -0.148. The van der Waals surface area contributed by atoms with Crippen molar-refractivity contribution >= 4 is 11.8 Å². The lowest BCUT2D eigenvalue weighted by atomic mass is 10.1. The van der Waals surface area contributed by atoms with Crippen LogP contribution in [0, 0.1) is 5.82 Å². The van der Waals surface area contributed by atoms with E-state index in [1.165, 1.54) is 24.7 Å². The molecule has 1 nitrogen and oxygen atoms in total. The predicted molar refractivity (Wildman–Crippen MR) is 68.2 cm³/mol. The molecule has 2 atom stereocenters. The zero-order valence-electron chi connectivity index (χ0n) is 9.58. The topological polar surface area (TPSA) is 12.0 Å². The Bertz CT molecular complexity index is 342. The van der Waals surface area contributed by atoms with E-state index in [0.717, 1.165) is 12.1 Å². The molecule has 1 N–H and O–H groups in total. The Morgan fingerprint density at radius 2 is 2.38 bits per heavy atom. The molecule has 0 amide bonds. The van der Waals surface area contributed by atoms with Crippen LogP contribution in [0.2, 0.25) is 0 Å². The lowest BCUT2D eigenvalue weighted by Crippen LogP contribution is -2.38. The van der Waals surface area contributed by atoms with E-state index in [-0.39, 0.29) is 5.82 Å². The van der Waals surface area contributed by atoms with E-state index in [9.17, 15) is 4.39 Å². The first-order valence-corrected chi connectivity index (χ1v) is 6.90. The number of thioether (sulfide) groups is 1. The number of rotatable bonds is 3. The first-order valence-electron chi connectivity index (χ1n) is 5.85. The highest BCUT2D eigenvalue weighted by atomic mass is 32.2. The summed E-state index contributed by atoms with van der Waals surface area (Å²) in [4.78, 5) is 0. The summed E-state index contributed by atoms with van der Waals surface area (Å²) in [6.07, 6.45) is 2.53. The Labute approximate surface area is 101 Å². The lowest BCUT2D eigenvalue weighted by Gasteiger charge is -2.29. The van der Waals surface area contributed by atoms with E-state index in [2.05, 4.69) is 12.2 Å². The molecule has 1 aliphatic rings. The molecule has 3 heteroatoms. The van der Waals surface area contributed by atoms with Crippen molar-refractivity contribution in [3.05, 3.63) is 35.6 Å². The SMILES string of the molecule is CC1SCCCC1NCc1cccc(F)c1. The van der Waals surface area contributed by atoms with Crippen LogP contribution in [0.15, 0.2) is 24.3 Å². The maximum atomic E-state index is 13.0. The molecule has 0 spiro atoms. The molecule has 0 aliphatic carbocycles. The van der Waals surface area contributed by atoms with Crippen LogP contribution in [0.4, 0.5) is 4.39 Å². The molecule has 2 rings (SSSR count). The van der Waals surface area contributed by atoms with Crippen LogP contribution in [-0.2, 0) is 6.54 Å². The predicted octanol–water partition coefficient (Wildman–Crippen LogP) is 3.20. The fourth-order valence-corrected chi connectivity index (χ4v) is 3.26. The second-order valence-electron chi connectivity index (χ2n) is 4.34. The van der Waals surface area contributed by atoms with Gasteiger partial charge in [-0.2, -0.15) is 11.8 Å². The lowest BCUT2D eigenvalue weighted by molar-refractivity contribution is 0.461. The second-order valence-corrected chi connectivity index (χ2v) is 5.82. The van der Waals surface area contributed by atoms with Gasteiger partial charge in [-0.3, -0.25) is 0 Å². The Hall–Kier alpha value is -0.540. The van der Waals surface area contributed by atoms with Crippen molar-refractivity contribution in [2.75, 3.05) is 5.75 Å². The quantitative estimate of drug-likeness (QED) is 0.869. The van der Waals surface area contributed by atoms with E-state index in [1.807, 2.05) is 17.8 Å². The fraction of sp³-hybridized carbons (Fsp3) is 0.538. The molecule has 0 radical (unpaired) electrons. The standard InChI is InChI=1S/C13H18FNS/c1-10-13(6-3-7-16-10)15-9-11-4-2-5-12(14)8-11/h2,4-5,8,10,13,15H,3,6-7,9H2,1H3. The van der Waals surface area contributed by atoms with Gasteiger partial charge in [0.2, 0.25) is 0 Å². The maximum Gasteiger partial charge on any atom is 0.123 e. The Kier molecular flexibility index (Phi) is 4.24. The number of halogens is 1. The van der Waals surface area contributed by atoms with Crippen LogP contribution < -0.4 is 5.32 Å². The Morgan fingerprint density at radius 3 is 3.12 bits per heavy atom. The summed E-state index contributed by atoms with van der Waals surface area (Å²) >= 11 is 2.03. The molecule has 1 aliphatic heterocycles. The number of benzene rings is 1. The molecule has 16 heavy (non-hydrogen) atoms. The molecular weight excluding hydrogens is 221 g/mol. The molecule has 1 aromatic rings. The Balaban J connectivity index is 1.86. The highest BCUT2D eigenvalue weighted by Gasteiger charge is 2.20. The number of hydrogen-bond donors (Lipinski definition) is 1. The molecule has 0 aromatic heterocycles. The van der Waals surface area contributed by atoms with Crippen molar-refractivity contribution in [1.29, 1.82) is 0 Å². The van der Waals surface area contributed by atoms with Gasteiger partial charge >= 0.3 is 0 Å². The first-order chi connectivity index (χ1) is 7.75. The summed E-state index contributed by atoms with van der Waals surface area (Å²) in [7, 11) is 0. The Morgan fingerprint density at radius 1 is 1.50 bits per heavy atom. The number of nitrogens with one attached hydrogen (secondary N) is 1. The van der Waals surface area contributed by atoms with Crippen molar-refractivity contribution in [2.24, 2.45) is 0 Å². The van der Waals surface area contributed by atoms with Crippen LogP contribution >= 0.6 is 11.8 Å². The third kappa shape index (κ3) is 3.22. The summed E-state index contributed by atoms with van der Waals surface area (Å²) in [5, 5.41) is 4.20. The van der Waals surface area contributed by atoms with Crippen LogP contribution in [0.5, 0.6) is 0 Å². The molecule has 1 saturated heterocycles. The third-order valence-corrected chi connectivity index (χ3v) is 4.44. The first kappa shape index (κ1) is 11.9. The zero-order chi connectivity index (χ0) is 11.4. The minimum absolute atomic E-state index is 0.148. The highest BCUT2D eigenvalue weighted by molar-refractivity contribution is 7.99. The molecule has 88 valence electrons. The zero-order valence-corrected chi connectivity index (χ0v) is 10.4. The fourth-order valence-electron chi connectivity index (χ4n) is 2.09. The summed E-state index contributed by atoms with van der Waals surface area (Å²) in [6.45, 7) is 3.04. The molecule has 1 fully saturated rings. The smallest absolute Gasteiger partial charge is 0.123 e. The maximum absolute atomic E-state index is 13.0. The van der Waals surface area contributed by atoms with Gasteiger partial charge in [0.05, 0.1) is 0 Å². The normalized spacial score (nSPS) is 25.6. The molecule has 1 heterocycles. The van der Waals surface area contributed by atoms with Crippen molar-refractivity contribution in [2.45, 2.75) is 37.6 Å². The van der Waals surface area contributed by atoms with Gasteiger partial charge in [0.25, 0.3) is 0 Å². The average Bonchev–Trinajstić information content (AvgIpc) is 2.28. The van der Waals surface area contributed by atoms with E-state index in [1.54, 1.807) is 12.1 Å². The molecule has 0 saturated carbocycles. The summed E-state index contributed by atoms with van der Waals surface area (Å²) in [5.41, 5.74) is 1.03. The largest absolute Gasteiger partial charge is 0.309 e. The van der Waals surface area contributed by atoms with Crippen LogP contribution in [-0.4, -0.2) is 17.0 Å². The van der Waals surface area contributed by atoms with Crippen LogP contribution in [0.3, 0.4) is 0 Å². The van der Waals surface area contributed by atoms with Crippen LogP contribution in [0.1, 0.15) is 25.3 Å². The number of hydrogen-bond acceptors (Lipinski definition) is 2. The van der Waals surface area contributed by atoms with Crippen molar-refractivity contribution in [3.8, 4) is 0 Å². The van der Waals surface area contributed by atoms with Gasteiger partial charge in [-0.05, 0) is 36.3 Å². The molecule has 2 unspecified atom stereocenters. The monoisotopic (exact) mass is 239 g/mol. The summed E-state index contributed by atoms with van der Waals surface area (Å²) in [5.74, 6) is 1.13. The van der Waals surface area contributed by atoms with Gasteiger partial charge in [-0.1, -0.05) is 19.1 Å². The highest BCUT2D eigenvalue weighted by Crippen LogP contribution is 2.25. The summed E-state index contributed by atoms with van der Waals surface area (Å²) < 4.78 is 13.0. The average molecular weight is 239 g/mol. The van der Waals surface area contributed by atoms with Gasteiger partial charge in [0.15, 0.2) is 0 Å². The molecule has 0 bridgehead atoms. The molecular formula is C13H18FNS. The van der Waals surface area contributed by atoms with Gasteiger partial charge in [-0.15, -0.1) is 0 Å². The van der Waals surface area contributed by atoms with E-state index in [4.69, 9.17) is 0 Å². The van der Waals surface area contributed by atoms with Gasteiger partial charge < -0.3 is 5.32 Å². The van der Waals surface area contributed by atoms with Crippen molar-refractivity contribution < 1.29 is 4.39 Å². The minimum Gasteiger partial charge on any atom is -0.309 e. The van der Waals surface area contributed by atoms with E-state index in [0.29, 0.717) is 11.3 Å². The van der Waals surface area contributed by atoms with Crippen LogP contribution in [0.25, 0.3) is 0 Å². The van der Waals surface area contributed by atoms with Gasteiger partial charge in [0.1, 0.15) is 5.82 Å². The van der Waals surface area contributed by atoms with Gasteiger partial charge in [0, 0.05) is 17.8 Å².